The van der Waals surface area contributed by atoms with Crippen LogP contribution in [-0.2, 0) is 0 Å². The highest BCUT2D eigenvalue weighted by molar-refractivity contribution is 6.84. The van der Waals surface area contributed by atoms with Crippen LogP contribution in [0.5, 0.6) is 17.2 Å². The lowest BCUT2D eigenvalue weighted by molar-refractivity contribution is 0.480. The highest BCUT2D eigenvalue weighted by Gasteiger charge is 2.41. The molecule has 0 amide bonds. The molecule has 0 atom stereocenters. The van der Waals surface area contributed by atoms with Crippen molar-refractivity contribution in [2.24, 2.45) is 0 Å². The Kier molecular flexibility index (Phi) is 2.62. The second-order valence-corrected chi connectivity index (χ2v) is 11.8. The van der Waals surface area contributed by atoms with Crippen molar-refractivity contribution in [3.63, 3.8) is 0 Å². The first-order chi connectivity index (χ1) is 37.9. The van der Waals surface area contributed by atoms with Crippen LogP contribution in [0, 0.1) is 0 Å². The van der Waals surface area contributed by atoms with Crippen molar-refractivity contribution in [2.75, 3.05) is 0 Å². The lowest BCUT2D eigenvalue weighted by Gasteiger charge is -2.33. The summed E-state index contributed by atoms with van der Waals surface area (Å²) >= 11 is 0. The maximum Gasteiger partial charge on any atom is 0.434 e. The quantitative estimate of drug-likeness (QED) is 0.172. The third kappa shape index (κ3) is 4.19. The zero-order chi connectivity index (χ0) is 59.0. The van der Waals surface area contributed by atoms with E-state index in [1.807, 2.05) is 0 Å². The lowest BCUT2D eigenvalue weighted by atomic mass is 9.50. The monoisotopic (exact) mass is 705 g/mol. The third-order valence-corrected chi connectivity index (χ3v) is 8.93. The fourth-order valence-corrected chi connectivity index (χ4v) is 6.64. The van der Waals surface area contributed by atoms with Gasteiger partial charge in [-0.3, -0.25) is 0 Å². The van der Waals surface area contributed by atoms with Gasteiger partial charge >= 0.3 is 6.92 Å². The van der Waals surface area contributed by atoms with Crippen molar-refractivity contribution < 1.29 is 52.2 Å². The second kappa shape index (κ2) is 10.8. The molecule has 0 saturated heterocycles. The Morgan fingerprint density at radius 1 is 0.453 bits per heavy atom. The summed E-state index contributed by atoms with van der Waals surface area (Å²) in [5.41, 5.74) is -8.07. The molecule has 8 aromatic carbocycles. The average molecular weight is 706 g/mol. The van der Waals surface area contributed by atoms with Gasteiger partial charge in [-0.05, 0) is 94.3 Å². The van der Waals surface area contributed by atoms with Crippen LogP contribution < -0.4 is 20.3 Å². The molecule has 0 fully saturated rings. The van der Waals surface area contributed by atoms with E-state index in [9.17, 15) is 15.1 Å². The van der Waals surface area contributed by atoms with E-state index in [0.29, 0.717) is 0 Å². The van der Waals surface area contributed by atoms with Gasteiger partial charge in [-0.1, -0.05) is 103 Å². The van der Waals surface area contributed by atoms with Crippen LogP contribution in [0.3, 0.4) is 0 Å². The number of aromatic nitrogens is 1. The van der Waals surface area contributed by atoms with Gasteiger partial charge in [-0.15, -0.1) is 0 Å². The topological polar surface area (TPSA) is 36.5 Å². The Balaban J connectivity index is 1.18. The molecule has 0 aliphatic carbocycles. The summed E-state index contributed by atoms with van der Waals surface area (Å²) in [5, 5.41) is -1.68. The van der Waals surface area contributed by atoms with Gasteiger partial charge in [0.25, 0.3) is 0 Å². The third-order valence-electron chi connectivity index (χ3n) is 8.93. The van der Waals surface area contributed by atoms with Gasteiger partial charge in [0.1, 0.15) is 28.4 Å². The van der Waals surface area contributed by atoms with Crippen LogP contribution in [0.4, 0.5) is 0 Å². The summed E-state index contributed by atoms with van der Waals surface area (Å²) in [6.45, 7) is -1.91. The number of benzene rings is 8. The first-order valence-electron chi connectivity index (χ1n) is 29.8. The highest BCUT2D eigenvalue weighted by Crippen LogP contribution is 2.43. The van der Waals surface area contributed by atoms with Crippen molar-refractivity contribution in [1.29, 1.82) is 0 Å². The summed E-state index contributed by atoms with van der Waals surface area (Å²) in [4.78, 5) is 0. The second-order valence-electron chi connectivity index (χ2n) is 11.8. The van der Waals surface area contributed by atoms with Crippen LogP contribution in [0.2, 0.25) is 0 Å². The molecule has 53 heavy (non-hydrogen) atoms. The van der Waals surface area contributed by atoms with Gasteiger partial charge < -0.3 is 18.4 Å². The molecule has 0 spiro atoms. The number of hydrogen-bond acceptors (Lipinski definition) is 3. The minimum atomic E-state index is -1.91. The van der Waals surface area contributed by atoms with E-state index in [1.54, 1.807) is 0 Å². The number of ether oxygens (including phenoxy) is 1. The van der Waals surface area contributed by atoms with Crippen molar-refractivity contribution >= 4 is 61.6 Å². The van der Waals surface area contributed by atoms with Gasteiger partial charge in [0, 0.05) is 43.7 Å². The largest absolute Gasteiger partial charge is 0.551 e. The number of hydrogen-bond donors (Lipinski definition) is 0. The van der Waals surface area contributed by atoms with E-state index in [2.05, 4.69) is 0 Å². The maximum absolute atomic E-state index is 9.81. The zero-order valence-corrected chi connectivity index (χ0v) is 26.2. The van der Waals surface area contributed by atoms with E-state index in [0.717, 1.165) is 4.57 Å². The highest BCUT2D eigenvalue weighted by atomic mass is 16.5. The Morgan fingerprint density at radius 2 is 1.13 bits per heavy atom. The Bertz CT molecular complexity index is 4690. The molecule has 12 rings (SSSR count). The summed E-state index contributed by atoms with van der Waals surface area (Å²) in [5.74, 6) is -2.14. The number of nitrogens with zero attached hydrogens (tertiary/aromatic N) is 1. The average Bonchev–Trinajstić information content (AvgIpc) is 2.69. The molecule has 0 bridgehead atoms. The molecule has 0 N–H and O–H groups in total. The standard InChI is InChI=1S/C48H28BNO3/c1-5-16-41-34(12-1)35-13-2-6-17-42(35)50(41)33-11-9-10-29(24-33)30-21-23-40-46(27-30)52-47-28-32(25-39-37-15-4-8-19-44(37)53-49(40)48(39)47)31-20-22-38-36-14-3-7-18-43(36)51-45(38)26-31/h1-28H/i1D,2D,3D,4D,5D,6D,7D,8D,9D,10D,11D,12D,13D,14D,15D,16D,17D,18D,19D,20D,21D,22D,23D,24D,25D,26D,27D,28D. The number of fused-ring (bicyclic) bond motifs is 10. The lowest BCUT2D eigenvalue weighted by Crippen LogP contribution is -2.53. The van der Waals surface area contributed by atoms with E-state index in [-0.39, 0.29) is 10.8 Å². The molecular weight excluding hydrogens is 649 g/mol. The molecular formula is C48H28BNO3. The molecule has 0 saturated carbocycles. The normalized spacial score (nSPS) is 20.2. The maximum atomic E-state index is 9.81. The van der Waals surface area contributed by atoms with Crippen molar-refractivity contribution in [1.82, 2.24) is 4.57 Å². The number of furan rings is 1. The first-order valence-corrected chi connectivity index (χ1v) is 15.8. The molecule has 2 aromatic heterocycles. The Morgan fingerprint density at radius 3 is 2.00 bits per heavy atom. The minimum Gasteiger partial charge on any atom is -0.551 e. The predicted octanol–water partition coefficient (Wildman–Crippen LogP) is 11.3. The van der Waals surface area contributed by atoms with E-state index in [1.165, 1.54) is 0 Å². The smallest absolute Gasteiger partial charge is 0.434 e. The molecule has 4 nitrogen and oxygen atoms in total. The van der Waals surface area contributed by atoms with Gasteiger partial charge in [0.05, 0.1) is 49.4 Å². The fraction of sp³-hybridized carbons (Fsp3) is 0. The molecule has 2 aliphatic heterocycles. The molecule has 246 valence electrons. The van der Waals surface area contributed by atoms with Crippen LogP contribution in [0.1, 0.15) is 38.4 Å². The van der Waals surface area contributed by atoms with Crippen LogP contribution in [0.25, 0.3) is 82.8 Å². The minimum absolute atomic E-state index is 0.347. The molecule has 2 aliphatic rings. The van der Waals surface area contributed by atoms with Crippen molar-refractivity contribution in [3.05, 3.63) is 169 Å². The van der Waals surface area contributed by atoms with Gasteiger partial charge in [-0.2, -0.15) is 0 Å². The predicted molar refractivity (Wildman–Crippen MR) is 217 cm³/mol. The first kappa shape index (κ1) is 12.9. The number of rotatable bonds is 3. The van der Waals surface area contributed by atoms with Crippen LogP contribution in [0.15, 0.2) is 174 Å². The van der Waals surface area contributed by atoms with E-state index >= 15 is 0 Å². The zero-order valence-electron chi connectivity index (χ0n) is 54.2. The molecule has 5 heteroatoms. The SMILES string of the molecule is [2H]c1c([2H])c([2H])c2c(c1[2H])OB1c3c([2H])c([2H])c(-c4c([2H])c([2H])c([2H])c(-n5c6c([2H])c([2H])c([2H])c([2H])c6c6c([2H])c([2H])c([2H])c([2H])c65)c4[2H])c([2H])c3Oc3c([2H])c(-c4c([2H])c([2H])c5c(oc6c([2H])c([2H])c([2H])c([2H])c65)c4[2H])c([2H])c-2c31. The van der Waals surface area contributed by atoms with Gasteiger partial charge in [0.2, 0.25) is 0 Å². The Hall–Kier alpha value is -6.98. The van der Waals surface area contributed by atoms with E-state index in [4.69, 9.17) is 37.1 Å². The number of para-hydroxylation sites is 4. The van der Waals surface area contributed by atoms with E-state index < -0.39 is 276 Å². The summed E-state index contributed by atoms with van der Waals surface area (Å²) < 4.78 is 272. The van der Waals surface area contributed by atoms with Crippen LogP contribution >= 0.6 is 0 Å². The molecule has 0 radical (unpaired) electrons. The van der Waals surface area contributed by atoms with Crippen molar-refractivity contribution in [2.45, 2.75) is 0 Å². The molecule has 4 heterocycles. The molecule has 0 unspecified atom stereocenters. The van der Waals surface area contributed by atoms with Crippen molar-refractivity contribution in [3.8, 4) is 56.3 Å². The van der Waals surface area contributed by atoms with Crippen LogP contribution in [-0.4, -0.2) is 11.5 Å². The van der Waals surface area contributed by atoms with Gasteiger partial charge in [0.15, 0.2) is 0 Å². The Labute approximate surface area is 344 Å². The summed E-state index contributed by atoms with van der Waals surface area (Å²) in [6.07, 6.45) is 0. The van der Waals surface area contributed by atoms with Gasteiger partial charge in [-0.25, -0.2) is 0 Å². The summed E-state index contributed by atoms with van der Waals surface area (Å²) in [7, 11) is 0. The fourth-order valence-electron chi connectivity index (χ4n) is 6.64. The molecule has 10 aromatic rings. The summed E-state index contributed by atoms with van der Waals surface area (Å²) in [6, 6.07) is -23.9.